The minimum absolute atomic E-state index is 0.0835. The second kappa shape index (κ2) is 9.31. The van der Waals surface area contributed by atoms with Gasteiger partial charge >= 0.3 is 5.97 Å². The molecule has 4 nitrogen and oxygen atoms in total. The van der Waals surface area contributed by atoms with E-state index >= 15 is 0 Å². The fourth-order valence-corrected chi connectivity index (χ4v) is 3.59. The van der Waals surface area contributed by atoms with Crippen molar-refractivity contribution in [1.82, 2.24) is 4.90 Å². The Bertz CT molecular complexity index is 697. The summed E-state index contributed by atoms with van der Waals surface area (Å²) in [5.41, 5.74) is 2.30. The molecule has 0 aliphatic carbocycles. The molecule has 0 amide bonds. The van der Waals surface area contributed by atoms with Gasteiger partial charge in [-0.15, -0.1) is 0 Å². The maximum atomic E-state index is 10.7. The molecule has 0 spiro atoms. The van der Waals surface area contributed by atoms with Gasteiger partial charge in [-0.05, 0) is 36.1 Å². The van der Waals surface area contributed by atoms with E-state index in [0.717, 1.165) is 41.5 Å². The van der Waals surface area contributed by atoms with Crippen LogP contribution in [0.3, 0.4) is 0 Å². The first-order valence-corrected chi connectivity index (χ1v) is 9.81. The van der Waals surface area contributed by atoms with Crippen molar-refractivity contribution in [2.24, 2.45) is 0 Å². The molecule has 1 saturated heterocycles. The monoisotopic (exact) mass is 417 g/mol. The first kappa shape index (κ1) is 19.1. The summed E-state index contributed by atoms with van der Waals surface area (Å²) in [7, 11) is 0. The Morgan fingerprint density at radius 1 is 1.08 bits per heavy atom. The summed E-state index contributed by atoms with van der Waals surface area (Å²) in [5.74, 6) is -0.734. The Morgan fingerprint density at radius 2 is 1.69 bits per heavy atom. The normalized spacial score (nSPS) is 17.1. The SMILES string of the molecule is O=C(O)CCN1CCC(OC(c2ccccc2)c2ccc(Br)cc2)CC1. The van der Waals surface area contributed by atoms with E-state index in [2.05, 4.69) is 45.1 Å². The Labute approximate surface area is 162 Å². The predicted octanol–water partition coefficient (Wildman–Crippen LogP) is 4.49. The van der Waals surface area contributed by atoms with Crippen LogP contribution in [0.15, 0.2) is 59.1 Å². The summed E-state index contributed by atoms with van der Waals surface area (Å²) >= 11 is 3.49. The quantitative estimate of drug-likeness (QED) is 0.720. The predicted molar refractivity (Wildman–Crippen MR) is 105 cm³/mol. The summed E-state index contributed by atoms with van der Waals surface area (Å²) < 4.78 is 7.57. The molecule has 2 aromatic carbocycles. The van der Waals surface area contributed by atoms with Gasteiger partial charge in [0.05, 0.1) is 12.5 Å². The number of carboxylic acids is 1. The summed E-state index contributed by atoms with van der Waals surface area (Å²) in [6.07, 6.45) is 2.17. The van der Waals surface area contributed by atoms with Crippen LogP contribution >= 0.6 is 15.9 Å². The van der Waals surface area contributed by atoms with Gasteiger partial charge in [0.1, 0.15) is 6.10 Å². The first-order valence-electron chi connectivity index (χ1n) is 9.02. The van der Waals surface area contributed by atoms with Gasteiger partial charge in [-0.1, -0.05) is 58.4 Å². The van der Waals surface area contributed by atoms with Gasteiger partial charge in [0.2, 0.25) is 0 Å². The number of aliphatic carboxylic acids is 1. The molecule has 2 aromatic rings. The molecule has 0 radical (unpaired) electrons. The zero-order valence-electron chi connectivity index (χ0n) is 14.7. The van der Waals surface area contributed by atoms with Crippen LogP contribution < -0.4 is 0 Å². The van der Waals surface area contributed by atoms with E-state index in [1.807, 2.05) is 30.3 Å². The zero-order valence-corrected chi connectivity index (χ0v) is 16.3. The van der Waals surface area contributed by atoms with Gasteiger partial charge < -0.3 is 14.7 Å². The number of halogens is 1. The lowest BCUT2D eigenvalue weighted by Gasteiger charge is -2.34. The Kier molecular flexibility index (Phi) is 6.83. The number of ether oxygens (including phenoxy) is 1. The highest BCUT2D eigenvalue weighted by atomic mass is 79.9. The smallest absolute Gasteiger partial charge is 0.304 e. The standard InChI is InChI=1S/C21H24BrNO3/c22-18-8-6-17(7-9-18)21(16-4-2-1-3-5-16)26-19-10-13-23(14-11-19)15-12-20(24)25/h1-9,19,21H,10-15H2,(H,24,25). The number of carboxylic acid groups (broad SMARTS) is 1. The Balaban J connectivity index is 1.65. The van der Waals surface area contributed by atoms with E-state index in [1.165, 1.54) is 0 Å². The number of benzene rings is 2. The van der Waals surface area contributed by atoms with Gasteiger partial charge in [-0.2, -0.15) is 0 Å². The molecule has 0 saturated carbocycles. The first-order chi connectivity index (χ1) is 12.6. The number of rotatable bonds is 7. The van der Waals surface area contributed by atoms with E-state index in [1.54, 1.807) is 0 Å². The molecule has 138 valence electrons. The van der Waals surface area contributed by atoms with E-state index in [4.69, 9.17) is 9.84 Å². The molecule has 1 atom stereocenters. The van der Waals surface area contributed by atoms with E-state index in [9.17, 15) is 4.79 Å². The van der Waals surface area contributed by atoms with Crippen LogP contribution in [0, 0.1) is 0 Å². The molecule has 0 bridgehead atoms. The molecule has 0 aromatic heterocycles. The minimum Gasteiger partial charge on any atom is -0.481 e. The van der Waals surface area contributed by atoms with Crippen LogP contribution in [0.4, 0.5) is 0 Å². The molecule has 1 unspecified atom stereocenters. The minimum atomic E-state index is -0.734. The van der Waals surface area contributed by atoms with Crippen LogP contribution in [0.5, 0.6) is 0 Å². The van der Waals surface area contributed by atoms with Crippen molar-refractivity contribution >= 4 is 21.9 Å². The average molecular weight is 418 g/mol. The van der Waals surface area contributed by atoms with Gasteiger partial charge in [-0.25, -0.2) is 0 Å². The van der Waals surface area contributed by atoms with Crippen LogP contribution in [0.1, 0.15) is 36.5 Å². The van der Waals surface area contributed by atoms with Crippen molar-refractivity contribution in [3.63, 3.8) is 0 Å². The van der Waals surface area contributed by atoms with E-state index < -0.39 is 5.97 Å². The van der Waals surface area contributed by atoms with Crippen molar-refractivity contribution in [1.29, 1.82) is 0 Å². The van der Waals surface area contributed by atoms with Crippen LogP contribution in [0.2, 0.25) is 0 Å². The van der Waals surface area contributed by atoms with Crippen molar-refractivity contribution < 1.29 is 14.6 Å². The van der Waals surface area contributed by atoms with Crippen LogP contribution in [0.25, 0.3) is 0 Å². The number of carbonyl (C=O) groups is 1. The number of hydrogen-bond donors (Lipinski definition) is 1. The Morgan fingerprint density at radius 3 is 2.31 bits per heavy atom. The lowest BCUT2D eigenvalue weighted by Crippen LogP contribution is -2.38. The fraction of sp³-hybridized carbons (Fsp3) is 0.381. The molecular weight excluding hydrogens is 394 g/mol. The number of nitrogens with zero attached hydrogens (tertiary/aromatic N) is 1. The number of hydrogen-bond acceptors (Lipinski definition) is 3. The van der Waals surface area contributed by atoms with Crippen LogP contribution in [-0.2, 0) is 9.53 Å². The maximum absolute atomic E-state index is 10.7. The summed E-state index contributed by atoms with van der Waals surface area (Å²) in [5, 5.41) is 8.83. The molecule has 1 N–H and O–H groups in total. The summed E-state index contributed by atoms with van der Waals surface area (Å²) in [6.45, 7) is 2.40. The molecule has 1 fully saturated rings. The molecule has 1 heterocycles. The summed E-state index contributed by atoms with van der Waals surface area (Å²) in [4.78, 5) is 12.9. The largest absolute Gasteiger partial charge is 0.481 e. The Hall–Kier alpha value is -1.69. The highest BCUT2D eigenvalue weighted by Gasteiger charge is 2.24. The lowest BCUT2D eigenvalue weighted by atomic mass is 10.00. The second-order valence-corrected chi connectivity index (χ2v) is 7.58. The maximum Gasteiger partial charge on any atom is 0.304 e. The second-order valence-electron chi connectivity index (χ2n) is 6.66. The highest BCUT2D eigenvalue weighted by Crippen LogP contribution is 2.30. The molecule has 3 rings (SSSR count). The molecule has 26 heavy (non-hydrogen) atoms. The average Bonchev–Trinajstić information content (AvgIpc) is 2.67. The molecular formula is C21H24BrNO3. The van der Waals surface area contributed by atoms with Gasteiger partial charge in [0.25, 0.3) is 0 Å². The third kappa shape index (κ3) is 5.40. The fourth-order valence-electron chi connectivity index (χ4n) is 3.33. The van der Waals surface area contributed by atoms with Gasteiger partial charge in [0, 0.05) is 24.1 Å². The van der Waals surface area contributed by atoms with E-state index in [0.29, 0.717) is 6.54 Å². The molecule has 5 heteroatoms. The van der Waals surface area contributed by atoms with Crippen molar-refractivity contribution in [2.75, 3.05) is 19.6 Å². The van der Waals surface area contributed by atoms with Crippen molar-refractivity contribution in [2.45, 2.75) is 31.5 Å². The van der Waals surface area contributed by atoms with Crippen molar-refractivity contribution in [3.8, 4) is 0 Å². The zero-order chi connectivity index (χ0) is 18.4. The number of piperidine rings is 1. The van der Waals surface area contributed by atoms with Crippen molar-refractivity contribution in [3.05, 3.63) is 70.2 Å². The number of likely N-dealkylation sites (tertiary alicyclic amines) is 1. The highest BCUT2D eigenvalue weighted by molar-refractivity contribution is 9.10. The molecule has 1 aliphatic heterocycles. The molecule has 1 aliphatic rings. The van der Waals surface area contributed by atoms with Gasteiger partial charge in [-0.3, -0.25) is 4.79 Å². The third-order valence-corrected chi connectivity index (χ3v) is 5.31. The topological polar surface area (TPSA) is 49.8 Å². The third-order valence-electron chi connectivity index (χ3n) is 4.78. The summed E-state index contributed by atoms with van der Waals surface area (Å²) in [6, 6.07) is 18.6. The van der Waals surface area contributed by atoms with Crippen LogP contribution in [-0.4, -0.2) is 41.7 Å². The lowest BCUT2D eigenvalue weighted by molar-refractivity contribution is -0.137. The van der Waals surface area contributed by atoms with E-state index in [-0.39, 0.29) is 18.6 Å². The van der Waals surface area contributed by atoms with Gasteiger partial charge in [0.15, 0.2) is 0 Å².